The summed E-state index contributed by atoms with van der Waals surface area (Å²) in [6, 6.07) is 6.00. The molecule has 3 fully saturated rings. The number of anilines is 2. The smallest absolute Gasteiger partial charge is 0.312 e. The summed E-state index contributed by atoms with van der Waals surface area (Å²) in [6.45, 7) is 18.8. The van der Waals surface area contributed by atoms with Crippen LogP contribution in [0.15, 0.2) is 49.6 Å². The van der Waals surface area contributed by atoms with Crippen LogP contribution >= 0.6 is 0 Å². The van der Waals surface area contributed by atoms with Gasteiger partial charge in [0.05, 0.1) is 37.1 Å². The molecule has 3 amide bonds. The van der Waals surface area contributed by atoms with Gasteiger partial charge in [-0.25, -0.2) is 0 Å². The number of nitrogens with one attached hydrogen (secondary N) is 1. The molecule has 11 heteroatoms. The van der Waals surface area contributed by atoms with E-state index in [1.807, 2.05) is 38.1 Å². The molecule has 2 bridgehead atoms. The van der Waals surface area contributed by atoms with Crippen molar-refractivity contribution >= 4 is 35.1 Å². The second kappa shape index (κ2) is 15.5. The highest BCUT2D eigenvalue weighted by molar-refractivity contribution is 6.05. The number of carbonyl (C=O) groups is 4. The molecule has 0 saturated carbocycles. The number of hydrogen-bond donors (Lipinski definition) is 2. The minimum absolute atomic E-state index is 0.125. The van der Waals surface area contributed by atoms with E-state index in [0.717, 1.165) is 18.8 Å². The summed E-state index contributed by atoms with van der Waals surface area (Å²) in [7, 11) is 0. The number of likely N-dealkylation sites (tertiary alicyclic amines) is 1. The molecular weight excluding hydrogens is 600 g/mol. The first-order chi connectivity index (χ1) is 22.5. The van der Waals surface area contributed by atoms with Crippen molar-refractivity contribution in [3.8, 4) is 0 Å². The van der Waals surface area contributed by atoms with Crippen LogP contribution in [-0.2, 0) is 28.7 Å². The number of aliphatic hydroxyl groups is 1. The van der Waals surface area contributed by atoms with Gasteiger partial charge in [-0.3, -0.25) is 19.2 Å². The van der Waals surface area contributed by atoms with Gasteiger partial charge in [0.15, 0.2) is 0 Å². The van der Waals surface area contributed by atoms with Crippen molar-refractivity contribution < 1.29 is 33.8 Å². The van der Waals surface area contributed by atoms with Gasteiger partial charge in [-0.2, -0.15) is 0 Å². The quantitative estimate of drug-likeness (QED) is 0.194. The summed E-state index contributed by atoms with van der Waals surface area (Å²) in [4.78, 5) is 60.4. The number of ether oxygens (including phenoxy) is 2. The van der Waals surface area contributed by atoms with E-state index in [-0.39, 0.29) is 49.8 Å². The maximum atomic E-state index is 14.8. The van der Waals surface area contributed by atoms with Gasteiger partial charge in [0.25, 0.3) is 5.91 Å². The third-order valence-corrected chi connectivity index (χ3v) is 9.91. The Kier molecular flexibility index (Phi) is 11.9. The number of rotatable bonds is 17. The van der Waals surface area contributed by atoms with Gasteiger partial charge in [-0.15, -0.1) is 13.2 Å². The maximum Gasteiger partial charge on any atom is 0.312 e. The number of esters is 1. The molecule has 47 heavy (non-hydrogen) atoms. The van der Waals surface area contributed by atoms with Crippen LogP contribution in [0.3, 0.4) is 0 Å². The molecule has 3 aliphatic rings. The predicted octanol–water partition coefficient (Wildman–Crippen LogP) is 3.46. The molecule has 0 radical (unpaired) electrons. The highest BCUT2D eigenvalue weighted by atomic mass is 16.6. The van der Waals surface area contributed by atoms with Gasteiger partial charge in [0.2, 0.25) is 11.8 Å². The van der Waals surface area contributed by atoms with Gasteiger partial charge in [-0.05, 0) is 70.2 Å². The molecule has 3 saturated heterocycles. The van der Waals surface area contributed by atoms with E-state index < -0.39 is 47.7 Å². The first-order valence-corrected chi connectivity index (χ1v) is 17.0. The second-order valence-corrected chi connectivity index (χ2v) is 13.1. The number of amides is 3. The Morgan fingerprint density at radius 2 is 1.79 bits per heavy atom. The molecule has 3 heterocycles. The third-order valence-electron chi connectivity index (χ3n) is 9.91. The fourth-order valence-corrected chi connectivity index (χ4v) is 7.54. The zero-order valence-electron chi connectivity index (χ0n) is 28.5. The summed E-state index contributed by atoms with van der Waals surface area (Å²) in [5.41, 5.74) is 0.426. The molecular formula is C36H52N4O7. The van der Waals surface area contributed by atoms with Gasteiger partial charge >= 0.3 is 5.97 Å². The molecule has 4 rings (SSSR count). The lowest BCUT2D eigenvalue weighted by atomic mass is 9.70. The van der Waals surface area contributed by atoms with E-state index in [4.69, 9.17) is 9.47 Å². The molecule has 0 aliphatic carbocycles. The Balaban J connectivity index is 1.66. The van der Waals surface area contributed by atoms with Crippen LogP contribution in [0.1, 0.15) is 60.3 Å². The predicted molar refractivity (Wildman–Crippen MR) is 181 cm³/mol. The Morgan fingerprint density at radius 3 is 2.36 bits per heavy atom. The number of allylic oxidation sites excluding steroid dienone is 1. The van der Waals surface area contributed by atoms with Crippen molar-refractivity contribution in [2.45, 2.75) is 90.2 Å². The van der Waals surface area contributed by atoms with Crippen LogP contribution in [0, 0.1) is 17.8 Å². The van der Waals surface area contributed by atoms with Crippen LogP contribution in [0.5, 0.6) is 0 Å². The highest BCUT2D eigenvalue weighted by Crippen LogP contribution is 2.59. The first-order valence-electron chi connectivity index (χ1n) is 17.0. The van der Waals surface area contributed by atoms with Crippen molar-refractivity contribution in [3.63, 3.8) is 0 Å². The number of fused-ring (bicyclic) bond motifs is 1. The zero-order chi connectivity index (χ0) is 34.5. The molecule has 258 valence electrons. The van der Waals surface area contributed by atoms with Crippen molar-refractivity contribution in [2.24, 2.45) is 17.8 Å². The number of nitrogens with zero attached hydrogens (tertiary/aromatic N) is 3. The topological polar surface area (TPSA) is 129 Å². The number of aliphatic hydroxyl groups excluding tert-OH is 1. The van der Waals surface area contributed by atoms with Gasteiger partial charge < -0.3 is 34.6 Å². The Hall–Kier alpha value is -3.70. The molecule has 2 N–H and O–H groups in total. The van der Waals surface area contributed by atoms with E-state index in [2.05, 4.69) is 37.2 Å². The molecule has 11 nitrogen and oxygen atoms in total. The normalized spacial score (nSPS) is 25.7. The third kappa shape index (κ3) is 6.97. The van der Waals surface area contributed by atoms with Gasteiger partial charge in [0, 0.05) is 37.4 Å². The van der Waals surface area contributed by atoms with Crippen LogP contribution < -0.4 is 15.1 Å². The fourth-order valence-electron chi connectivity index (χ4n) is 7.54. The Bertz CT molecular complexity index is 1310. The summed E-state index contributed by atoms with van der Waals surface area (Å²) in [5.74, 6) is -3.53. The summed E-state index contributed by atoms with van der Waals surface area (Å²) >= 11 is 0. The highest BCUT2D eigenvalue weighted by Gasteiger charge is 2.75. The lowest BCUT2D eigenvalue weighted by Crippen LogP contribution is -2.59. The van der Waals surface area contributed by atoms with Crippen molar-refractivity contribution in [2.75, 3.05) is 42.6 Å². The largest absolute Gasteiger partial charge is 0.460 e. The van der Waals surface area contributed by atoms with Crippen molar-refractivity contribution in [3.05, 3.63) is 49.6 Å². The van der Waals surface area contributed by atoms with E-state index in [0.29, 0.717) is 24.9 Å². The molecule has 0 aromatic heterocycles. The number of benzene rings is 1. The first kappa shape index (κ1) is 36.1. The van der Waals surface area contributed by atoms with E-state index in [1.165, 1.54) is 4.90 Å². The second-order valence-electron chi connectivity index (χ2n) is 13.1. The Labute approximate surface area is 278 Å². The van der Waals surface area contributed by atoms with Gasteiger partial charge in [0.1, 0.15) is 17.7 Å². The van der Waals surface area contributed by atoms with Crippen molar-refractivity contribution in [1.29, 1.82) is 0 Å². The molecule has 1 spiro atoms. The monoisotopic (exact) mass is 652 g/mol. The average molecular weight is 653 g/mol. The van der Waals surface area contributed by atoms with Crippen LogP contribution in [0.4, 0.5) is 11.4 Å². The lowest BCUT2D eigenvalue weighted by molar-refractivity contribution is -0.160. The Morgan fingerprint density at radius 1 is 1.13 bits per heavy atom. The zero-order valence-corrected chi connectivity index (χ0v) is 28.5. The summed E-state index contributed by atoms with van der Waals surface area (Å²) in [6.07, 6.45) is 3.81. The number of hydrogen-bond acceptors (Lipinski definition) is 8. The van der Waals surface area contributed by atoms with E-state index >= 15 is 0 Å². The SMILES string of the molecule is C=CCCC(=O)NC[C@H](C)OC(=O)[C@@H]1[C@@H]2CC[C@]3(O2)[C@H](C(=O)N(CC=C)c2ccc(N(CC)CC)cc2)N([C@@H](CO)C(C)C)C(=O)[C@@H]13. The summed E-state index contributed by atoms with van der Waals surface area (Å²) in [5, 5.41) is 13.3. The fraction of sp³-hybridized carbons (Fsp3) is 0.611. The van der Waals surface area contributed by atoms with Crippen LogP contribution in [-0.4, -0.2) is 96.4 Å². The molecule has 7 atom stereocenters. The molecule has 1 aromatic carbocycles. The average Bonchev–Trinajstić information content (AvgIpc) is 3.70. The van der Waals surface area contributed by atoms with Gasteiger partial charge in [-0.1, -0.05) is 26.0 Å². The minimum Gasteiger partial charge on any atom is -0.460 e. The number of carbonyl (C=O) groups excluding carboxylic acids is 4. The van der Waals surface area contributed by atoms with Crippen molar-refractivity contribution in [1.82, 2.24) is 10.2 Å². The van der Waals surface area contributed by atoms with E-state index in [1.54, 1.807) is 24.0 Å². The van der Waals surface area contributed by atoms with E-state index in [9.17, 15) is 24.3 Å². The molecule has 0 unspecified atom stereocenters. The van der Waals surface area contributed by atoms with Crippen LogP contribution in [0.25, 0.3) is 0 Å². The molecule has 3 aliphatic heterocycles. The van der Waals surface area contributed by atoms with Crippen LogP contribution in [0.2, 0.25) is 0 Å². The summed E-state index contributed by atoms with van der Waals surface area (Å²) < 4.78 is 12.4. The maximum absolute atomic E-state index is 14.8. The lowest BCUT2D eigenvalue weighted by Gasteiger charge is -2.40. The standard InChI is InChI=1S/C36H52N4O7/c1-8-12-13-29(42)37-21-24(7)46-35(45)30-28-18-19-36(47-28)31(30)33(43)40(27(22-41)23(5)6)32(36)34(44)39(20-9-2)26-16-14-25(15-17-26)38(10-3)11-4/h8-9,14-17,23-24,27-28,30-32,41H,1-2,10-13,18-22H2,3-7H3,(H,37,42)/t24-,27-,28-,30+,31+,32-,36+/m0/s1. The molecule has 1 aromatic rings. The minimum atomic E-state index is -1.26.